The number of aryl methyl sites for hydroxylation is 2. The van der Waals surface area contributed by atoms with Crippen LogP contribution in [0.5, 0.6) is 0 Å². The number of carbonyl (C=O) groups is 4. The van der Waals surface area contributed by atoms with Gasteiger partial charge in [-0.3, -0.25) is 19.2 Å². The number of ketones is 2. The van der Waals surface area contributed by atoms with E-state index >= 15 is 0 Å². The van der Waals surface area contributed by atoms with E-state index in [2.05, 4.69) is 24.5 Å². The van der Waals surface area contributed by atoms with Gasteiger partial charge in [-0.1, -0.05) is 114 Å². The first-order valence-electron chi connectivity index (χ1n) is 17.6. The van der Waals surface area contributed by atoms with Crippen LogP contribution in [-0.2, 0) is 12.8 Å². The summed E-state index contributed by atoms with van der Waals surface area (Å²) in [4.78, 5) is 54.5. The van der Waals surface area contributed by atoms with Crippen molar-refractivity contribution in [2.75, 3.05) is 10.6 Å². The molecule has 0 atom stereocenters. The predicted octanol–water partition coefficient (Wildman–Crippen LogP) is 9.99. The van der Waals surface area contributed by atoms with E-state index in [0.29, 0.717) is 11.1 Å². The van der Waals surface area contributed by atoms with Crippen molar-refractivity contribution in [1.82, 2.24) is 0 Å². The molecule has 0 aromatic heterocycles. The summed E-state index contributed by atoms with van der Waals surface area (Å²) in [6.45, 7) is 4.41. The van der Waals surface area contributed by atoms with Crippen LogP contribution in [0, 0.1) is 0 Å². The molecule has 0 saturated carbocycles. The van der Waals surface area contributed by atoms with Gasteiger partial charge in [0.25, 0.3) is 11.8 Å². The second-order valence-corrected chi connectivity index (χ2v) is 12.7. The third kappa shape index (κ3) is 8.35. The van der Waals surface area contributed by atoms with Crippen LogP contribution in [0.25, 0.3) is 0 Å². The van der Waals surface area contributed by atoms with Crippen molar-refractivity contribution in [1.29, 1.82) is 0 Å². The molecule has 6 heteroatoms. The zero-order valence-corrected chi connectivity index (χ0v) is 28.2. The quantitative estimate of drug-likeness (QED) is 0.105. The molecule has 5 rings (SSSR count). The zero-order valence-electron chi connectivity index (χ0n) is 28.2. The Balaban J connectivity index is 1.35. The minimum absolute atomic E-state index is 0.0759. The second-order valence-electron chi connectivity index (χ2n) is 12.7. The van der Waals surface area contributed by atoms with Gasteiger partial charge in [0, 0.05) is 22.3 Å². The fourth-order valence-electron chi connectivity index (χ4n) is 6.33. The SMILES string of the molecule is CCCCCCCc1ccc(C(=O)Nc2ccc(NC(=O)c3ccc(CCCCCCC)cc3)c3c2C(=O)c2ccccc2C3=O)cc1. The number of anilines is 2. The Kier molecular flexibility index (Phi) is 12.1. The van der Waals surface area contributed by atoms with Gasteiger partial charge < -0.3 is 10.6 Å². The molecule has 6 nitrogen and oxygen atoms in total. The summed E-state index contributed by atoms with van der Waals surface area (Å²) < 4.78 is 0. The smallest absolute Gasteiger partial charge is 0.255 e. The van der Waals surface area contributed by atoms with Crippen molar-refractivity contribution in [3.05, 3.63) is 129 Å². The fourth-order valence-corrected chi connectivity index (χ4v) is 6.33. The summed E-state index contributed by atoms with van der Waals surface area (Å²) >= 11 is 0. The number of carbonyl (C=O) groups excluding carboxylic acids is 4. The van der Waals surface area contributed by atoms with E-state index < -0.39 is 0 Å². The van der Waals surface area contributed by atoms with Gasteiger partial charge in [-0.25, -0.2) is 0 Å². The van der Waals surface area contributed by atoms with Gasteiger partial charge in [-0.2, -0.15) is 0 Å². The highest BCUT2D eigenvalue weighted by Crippen LogP contribution is 2.37. The van der Waals surface area contributed by atoms with Crippen LogP contribution < -0.4 is 10.6 Å². The number of fused-ring (bicyclic) bond motifs is 2. The molecule has 1 aliphatic rings. The molecule has 0 radical (unpaired) electrons. The van der Waals surface area contributed by atoms with Gasteiger partial charge in [-0.05, 0) is 73.2 Å². The van der Waals surface area contributed by atoms with Crippen molar-refractivity contribution in [3.63, 3.8) is 0 Å². The normalized spacial score (nSPS) is 12.0. The van der Waals surface area contributed by atoms with E-state index in [9.17, 15) is 19.2 Å². The molecule has 248 valence electrons. The Morgan fingerprint density at radius 1 is 0.479 bits per heavy atom. The Bertz CT molecular complexity index is 1630. The van der Waals surface area contributed by atoms with Crippen molar-refractivity contribution < 1.29 is 19.2 Å². The van der Waals surface area contributed by atoms with Gasteiger partial charge in [0.15, 0.2) is 11.6 Å². The zero-order chi connectivity index (χ0) is 33.9. The van der Waals surface area contributed by atoms with E-state index in [4.69, 9.17) is 0 Å². The van der Waals surface area contributed by atoms with Gasteiger partial charge in [-0.15, -0.1) is 0 Å². The van der Waals surface area contributed by atoms with Crippen molar-refractivity contribution in [3.8, 4) is 0 Å². The van der Waals surface area contributed by atoms with E-state index in [1.165, 1.54) is 62.5 Å². The number of unbranched alkanes of at least 4 members (excludes halogenated alkanes) is 8. The summed E-state index contributed by atoms with van der Waals surface area (Å²) in [5.41, 5.74) is 4.40. The summed E-state index contributed by atoms with van der Waals surface area (Å²) in [5.74, 6) is -1.53. The minimum Gasteiger partial charge on any atom is -0.321 e. The maximum absolute atomic E-state index is 13.9. The minimum atomic E-state index is -0.381. The Labute approximate surface area is 284 Å². The lowest BCUT2D eigenvalue weighted by molar-refractivity contribution is 0.0977. The van der Waals surface area contributed by atoms with Crippen LogP contribution >= 0.6 is 0 Å². The van der Waals surface area contributed by atoms with Crippen LogP contribution in [-0.4, -0.2) is 23.4 Å². The van der Waals surface area contributed by atoms with Crippen molar-refractivity contribution >= 4 is 34.8 Å². The predicted molar refractivity (Wildman–Crippen MR) is 193 cm³/mol. The molecule has 48 heavy (non-hydrogen) atoms. The molecule has 4 aromatic rings. The van der Waals surface area contributed by atoms with Crippen LogP contribution in [0.2, 0.25) is 0 Å². The molecule has 0 heterocycles. The molecule has 0 unspecified atom stereocenters. The molecule has 0 fully saturated rings. The average molecular weight is 643 g/mol. The number of hydrogen-bond donors (Lipinski definition) is 2. The summed E-state index contributed by atoms with van der Waals surface area (Å²) in [7, 11) is 0. The first-order valence-corrected chi connectivity index (χ1v) is 17.6. The highest BCUT2D eigenvalue weighted by Gasteiger charge is 2.34. The van der Waals surface area contributed by atoms with Crippen LogP contribution in [0.4, 0.5) is 11.4 Å². The molecule has 1 aliphatic carbocycles. The van der Waals surface area contributed by atoms with Gasteiger partial charge in [0.2, 0.25) is 0 Å². The molecule has 0 spiro atoms. The maximum atomic E-state index is 13.9. The van der Waals surface area contributed by atoms with Gasteiger partial charge in [0.1, 0.15) is 0 Å². The number of amides is 2. The molecular weight excluding hydrogens is 596 g/mol. The molecule has 2 N–H and O–H groups in total. The molecule has 0 aliphatic heterocycles. The first-order chi connectivity index (χ1) is 23.4. The fraction of sp³-hybridized carbons (Fsp3) is 0.333. The topological polar surface area (TPSA) is 92.3 Å². The second kappa shape index (κ2) is 16.8. The summed E-state index contributed by atoms with van der Waals surface area (Å²) in [5, 5.41) is 5.75. The van der Waals surface area contributed by atoms with E-state index in [1.54, 1.807) is 60.7 Å². The first kappa shape index (κ1) is 34.5. The van der Waals surface area contributed by atoms with E-state index in [-0.39, 0.29) is 57.0 Å². The van der Waals surface area contributed by atoms with Crippen molar-refractivity contribution in [2.45, 2.75) is 90.9 Å². The van der Waals surface area contributed by atoms with Crippen molar-refractivity contribution in [2.24, 2.45) is 0 Å². The maximum Gasteiger partial charge on any atom is 0.255 e. The largest absolute Gasteiger partial charge is 0.321 e. The lowest BCUT2D eigenvalue weighted by Crippen LogP contribution is -2.26. The number of rotatable bonds is 16. The Hall–Kier alpha value is -4.84. The third-order valence-corrected chi connectivity index (χ3v) is 9.14. The average Bonchev–Trinajstić information content (AvgIpc) is 3.11. The van der Waals surface area contributed by atoms with Crippen LogP contribution in [0.1, 0.15) is 142 Å². The lowest BCUT2D eigenvalue weighted by Gasteiger charge is -2.23. The highest BCUT2D eigenvalue weighted by molar-refractivity contribution is 6.33. The molecule has 0 bridgehead atoms. The molecular formula is C42H46N2O4. The lowest BCUT2D eigenvalue weighted by atomic mass is 9.82. The molecule has 0 saturated heterocycles. The van der Waals surface area contributed by atoms with Gasteiger partial charge in [0.05, 0.1) is 22.5 Å². The number of benzene rings is 4. The standard InChI is InChI=1S/C42H46N2O4/c1-3-5-7-9-11-15-29-19-23-31(24-20-29)41(47)43-35-27-28-36(38-37(35)39(45)33-17-13-14-18-34(33)40(38)46)44-42(48)32-25-21-30(22-26-32)16-12-10-8-6-4-2/h13-14,17-28H,3-12,15-16H2,1-2H3,(H,43,47)(H,44,48). The number of hydrogen-bond acceptors (Lipinski definition) is 4. The summed E-state index contributed by atoms with van der Waals surface area (Å²) in [6, 6.07) is 24.8. The van der Waals surface area contributed by atoms with E-state index in [1.807, 2.05) is 24.3 Å². The van der Waals surface area contributed by atoms with E-state index in [0.717, 1.165) is 25.7 Å². The van der Waals surface area contributed by atoms with Crippen LogP contribution in [0.15, 0.2) is 84.9 Å². The van der Waals surface area contributed by atoms with Gasteiger partial charge >= 0.3 is 0 Å². The number of nitrogens with one attached hydrogen (secondary N) is 2. The highest BCUT2D eigenvalue weighted by atomic mass is 16.2. The monoisotopic (exact) mass is 642 g/mol. The Morgan fingerprint density at radius 2 is 0.854 bits per heavy atom. The molecule has 2 amide bonds. The van der Waals surface area contributed by atoms with Crippen LogP contribution in [0.3, 0.4) is 0 Å². The Morgan fingerprint density at radius 3 is 1.23 bits per heavy atom. The summed E-state index contributed by atoms with van der Waals surface area (Å²) in [6.07, 6.45) is 13.9. The third-order valence-electron chi connectivity index (χ3n) is 9.14. The molecule has 4 aromatic carbocycles.